The van der Waals surface area contributed by atoms with Crippen molar-refractivity contribution >= 4 is 0 Å². The van der Waals surface area contributed by atoms with Crippen LogP contribution >= 0.6 is 0 Å². The van der Waals surface area contributed by atoms with Crippen LogP contribution in [0, 0.1) is 13.8 Å². The van der Waals surface area contributed by atoms with Gasteiger partial charge in [0.05, 0.1) is 18.0 Å². The molecule has 4 heteroatoms. The first-order valence-electron chi connectivity index (χ1n) is 6.91. The molecule has 0 N–H and O–H groups in total. The topological polar surface area (TPSA) is 30.3 Å². The quantitative estimate of drug-likeness (QED) is 0.810. The van der Waals surface area contributed by atoms with E-state index in [1.807, 2.05) is 22.9 Å². The predicted octanol–water partition coefficient (Wildman–Crippen LogP) is 2.57. The van der Waals surface area contributed by atoms with E-state index < -0.39 is 0 Å². The van der Waals surface area contributed by atoms with Crippen molar-refractivity contribution in [3.05, 3.63) is 47.3 Å². The summed E-state index contributed by atoms with van der Waals surface area (Å²) in [5, 5.41) is 4.67. The van der Waals surface area contributed by atoms with Gasteiger partial charge in [0.15, 0.2) is 0 Å². The van der Waals surface area contributed by atoms with E-state index in [0.717, 1.165) is 31.1 Å². The maximum atomic E-state index is 5.12. The van der Waals surface area contributed by atoms with E-state index in [9.17, 15) is 0 Å². The minimum atomic E-state index is 0.751. The predicted molar refractivity (Wildman–Crippen MR) is 81.2 cm³/mol. The van der Waals surface area contributed by atoms with Gasteiger partial charge >= 0.3 is 0 Å². The number of benzene rings is 1. The molecule has 1 aromatic carbocycles. The van der Waals surface area contributed by atoms with Gasteiger partial charge in [-0.1, -0.05) is 18.2 Å². The highest BCUT2D eigenvalue weighted by molar-refractivity contribution is 5.36. The summed E-state index contributed by atoms with van der Waals surface area (Å²) in [6.07, 6.45) is 0. The van der Waals surface area contributed by atoms with Crippen molar-refractivity contribution in [1.82, 2.24) is 14.7 Å². The van der Waals surface area contributed by atoms with Crippen molar-refractivity contribution in [3.8, 4) is 5.69 Å². The Balaban J connectivity index is 2.21. The molecule has 0 radical (unpaired) electrons. The third-order valence-electron chi connectivity index (χ3n) is 3.55. The van der Waals surface area contributed by atoms with Crippen LogP contribution in [0.3, 0.4) is 0 Å². The number of nitrogens with zero attached hydrogens (tertiary/aromatic N) is 3. The Bertz CT molecular complexity index is 548. The Morgan fingerprint density at radius 1 is 1.20 bits per heavy atom. The fourth-order valence-corrected chi connectivity index (χ4v) is 2.32. The number of ether oxygens (including phenoxy) is 1. The van der Waals surface area contributed by atoms with E-state index in [2.05, 4.69) is 43.0 Å². The molecule has 0 atom stereocenters. The van der Waals surface area contributed by atoms with Crippen molar-refractivity contribution in [2.45, 2.75) is 20.4 Å². The molecule has 0 saturated carbocycles. The zero-order chi connectivity index (χ0) is 14.5. The largest absolute Gasteiger partial charge is 0.383 e. The van der Waals surface area contributed by atoms with Crippen LogP contribution in [0.5, 0.6) is 0 Å². The number of para-hydroxylation sites is 1. The smallest absolute Gasteiger partial charge is 0.0648 e. The van der Waals surface area contributed by atoms with Gasteiger partial charge in [0.1, 0.15) is 0 Å². The Hall–Kier alpha value is -1.65. The van der Waals surface area contributed by atoms with Crippen molar-refractivity contribution in [2.75, 3.05) is 27.3 Å². The Labute approximate surface area is 121 Å². The fourth-order valence-electron chi connectivity index (χ4n) is 2.32. The number of hydrogen-bond acceptors (Lipinski definition) is 3. The Morgan fingerprint density at radius 3 is 2.55 bits per heavy atom. The van der Waals surface area contributed by atoms with E-state index in [0.29, 0.717) is 0 Å². The van der Waals surface area contributed by atoms with Gasteiger partial charge in [0, 0.05) is 31.5 Å². The van der Waals surface area contributed by atoms with Gasteiger partial charge in [-0.2, -0.15) is 5.10 Å². The van der Waals surface area contributed by atoms with Gasteiger partial charge in [-0.3, -0.25) is 4.90 Å². The van der Waals surface area contributed by atoms with Crippen LogP contribution in [-0.2, 0) is 11.3 Å². The van der Waals surface area contributed by atoms with Gasteiger partial charge < -0.3 is 4.74 Å². The third-order valence-corrected chi connectivity index (χ3v) is 3.55. The molecule has 20 heavy (non-hydrogen) atoms. The van der Waals surface area contributed by atoms with Crippen molar-refractivity contribution in [2.24, 2.45) is 0 Å². The molecule has 1 heterocycles. The van der Waals surface area contributed by atoms with Crippen LogP contribution in [0.2, 0.25) is 0 Å². The maximum absolute atomic E-state index is 5.12. The maximum Gasteiger partial charge on any atom is 0.0648 e. The Morgan fingerprint density at radius 2 is 1.90 bits per heavy atom. The molecule has 0 aliphatic rings. The molecule has 2 rings (SSSR count). The van der Waals surface area contributed by atoms with Crippen LogP contribution in [0.1, 0.15) is 17.0 Å². The highest BCUT2D eigenvalue weighted by atomic mass is 16.5. The Kier molecular flexibility index (Phi) is 4.93. The zero-order valence-electron chi connectivity index (χ0n) is 12.8. The lowest BCUT2D eigenvalue weighted by molar-refractivity contribution is 0.158. The standard InChI is InChI=1S/C16H23N3O/c1-13-16(12-18(3)10-11-20-4)14(2)19(17-13)15-8-6-5-7-9-15/h5-9H,10-12H2,1-4H3. The van der Waals surface area contributed by atoms with Crippen LogP contribution in [0.4, 0.5) is 0 Å². The number of rotatable bonds is 6. The van der Waals surface area contributed by atoms with Crippen LogP contribution in [-0.4, -0.2) is 42.0 Å². The summed E-state index contributed by atoms with van der Waals surface area (Å²) in [5.41, 5.74) is 4.71. The molecular formula is C16H23N3O. The van der Waals surface area contributed by atoms with Crippen LogP contribution in [0.25, 0.3) is 5.69 Å². The van der Waals surface area contributed by atoms with Crippen LogP contribution < -0.4 is 0 Å². The van der Waals surface area contributed by atoms with Gasteiger partial charge in [0.2, 0.25) is 0 Å². The zero-order valence-corrected chi connectivity index (χ0v) is 12.8. The molecule has 0 fully saturated rings. The van der Waals surface area contributed by atoms with Gasteiger partial charge in [-0.05, 0) is 33.0 Å². The van der Waals surface area contributed by atoms with E-state index in [1.165, 1.54) is 11.3 Å². The molecule has 0 saturated heterocycles. The number of methoxy groups -OCH3 is 1. The lowest BCUT2D eigenvalue weighted by atomic mass is 10.2. The SMILES string of the molecule is COCCN(C)Cc1c(C)nn(-c2ccccc2)c1C. The highest BCUT2D eigenvalue weighted by Gasteiger charge is 2.14. The summed E-state index contributed by atoms with van der Waals surface area (Å²) in [5.74, 6) is 0. The number of hydrogen-bond donors (Lipinski definition) is 0. The third kappa shape index (κ3) is 3.26. The molecule has 0 aliphatic carbocycles. The lowest BCUT2D eigenvalue weighted by Gasteiger charge is -2.16. The van der Waals surface area contributed by atoms with Gasteiger partial charge in [-0.15, -0.1) is 0 Å². The summed E-state index contributed by atoms with van der Waals surface area (Å²) in [4.78, 5) is 2.26. The van der Waals surface area contributed by atoms with Gasteiger partial charge in [-0.25, -0.2) is 4.68 Å². The average molecular weight is 273 g/mol. The second-order valence-corrected chi connectivity index (χ2v) is 5.13. The molecule has 0 spiro atoms. The van der Waals surface area contributed by atoms with Gasteiger partial charge in [0.25, 0.3) is 0 Å². The van der Waals surface area contributed by atoms with Crippen molar-refractivity contribution in [3.63, 3.8) is 0 Å². The summed E-state index contributed by atoms with van der Waals surface area (Å²) in [7, 11) is 3.84. The van der Waals surface area contributed by atoms with Crippen molar-refractivity contribution < 1.29 is 4.74 Å². The first kappa shape index (κ1) is 14.8. The average Bonchev–Trinajstić information content (AvgIpc) is 2.74. The number of aromatic nitrogens is 2. The van der Waals surface area contributed by atoms with E-state index in [1.54, 1.807) is 7.11 Å². The molecular weight excluding hydrogens is 250 g/mol. The number of aryl methyl sites for hydroxylation is 1. The number of likely N-dealkylation sites (N-methyl/N-ethyl adjacent to an activating group) is 1. The lowest BCUT2D eigenvalue weighted by Crippen LogP contribution is -2.22. The monoisotopic (exact) mass is 273 g/mol. The minimum absolute atomic E-state index is 0.751. The summed E-state index contributed by atoms with van der Waals surface area (Å²) >= 11 is 0. The molecule has 0 aliphatic heterocycles. The molecule has 108 valence electrons. The molecule has 4 nitrogen and oxygen atoms in total. The summed E-state index contributed by atoms with van der Waals surface area (Å²) < 4.78 is 7.15. The first-order chi connectivity index (χ1) is 9.63. The molecule has 0 bridgehead atoms. The van der Waals surface area contributed by atoms with E-state index >= 15 is 0 Å². The van der Waals surface area contributed by atoms with Crippen LogP contribution in [0.15, 0.2) is 30.3 Å². The summed E-state index contributed by atoms with van der Waals surface area (Å²) in [6, 6.07) is 10.3. The van der Waals surface area contributed by atoms with Crippen molar-refractivity contribution in [1.29, 1.82) is 0 Å². The molecule has 2 aromatic rings. The van der Waals surface area contributed by atoms with E-state index in [4.69, 9.17) is 4.74 Å². The minimum Gasteiger partial charge on any atom is -0.383 e. The highest BCUT2D eigenvalue weighted by Crippen LogP contribution is 2.18. The molecule has 0 unspecified atom stereocenters. The fraction of sp³-hybridized carbons (Fsp3) is 0.438. The molecule has 1 aromatic heterocycles. The second kappa shape index (κ2) is 6.68. The second-order valence-electron chi connectivity index (χ2n) is 5.13. The first-order valence-corrected chi connectivity index (χ1v) is 6.91. The van der Waals surface area contributed by atoms with E-state index in [-0.39, 0.29) is 0 Å². The molecule has 0 amide bonds. The summed E-state index contributed by atoms with van der Waals surface area (Å²) in [6.45, 7) is 6.78. The normalized spacial score (nSPS) is 11.2.